The summed E-state index contributed by atoms with van der Waals surface area (Å²) >= 11 is 0. The normalized spacial score (nSPS) is 16.3. The van der Waals surface area contributed by atoms with Gasteiger partial charge in [-0.2, -0.15) is 0 Å². The number of ether oxygens (including phenoxy) is 2. The molecule has 0 radical (unpaired) electrons. The Morgan fingerprint density at radius 1 is 1.12 bits per heavy atom. The van der Waals surface area contributed by atoms with Crippen molar-refractivity contribution in [1.29, 1.82) is 0 Å². The van der Waals surface area contributed by atoms with E-state index in [1.54, 1.807) is 0 Å². The smallest absolute Gasteiger partial charge is 0.223 e. The highest BCUT2D eigenvalue weighted by Crippen LogP contribution is 2.24. The second-order valence-corrected chi connectivity index (χ2v) is 4.29. The molecule has 0 aromatic carbocycles. The van der Waals surface area contributed by atoms with E-state index in [0.717, 1.165) is 12.8 Å². The summed E-state index contributed by atoms with van der Waals surface area (Å²) in [5, 5.41) is 2.90. The van der Waals surface area contributed by atoms with E-state index in [9.17, 15) is 4.79 Å². The molecule has 0 saturated heterocycles. The fourth-order valence-electron chi connectivity index (χ4n) is 1.98. The van der Waals surface area contributed by atoms with Gasteiger partial charge >= 0.3 is 0 Å². The van der Waals surface area contributed by atoms with Gasteiger partial charge in [0.15, 0.2) is 0 Å². The minimum Gasteiger partial charge on any atom is -0.378 e. The zero-order valence-electron chi connectivity index (χ0n) is 10.5. The number of nitrogens with one attached hydrogen (secondary N) is 1. The molecule has 0 bridgehead atoms. The van der Waals surface area contributed by atoms with E-state index in [4.69, 9.17) is 15.2 Å². The van der Waals surface area contributed by atoms with Crippen LogP contribution in [0.5, 0.6) is 0 Å². The summed E-state index contributed by atoms with van der Waals surface area (Å²) in [4.78, 5) is 11.6. The van der Waals surface area contributed by atoms with Crippen molar-refractivity contribution < 1.29 is 14.3 Å². The molecule has 1 fully saturated rings. The fourth-order valence-corrected chi connectivity index (χ4v) is 1.98. The van der Waals surface area contributed by atoms with Crippen LogP contribution in [-0.2, 0) is 14.3 Å². The molecule has 0 atom stereocenters. The Labute approximate surface area is 103 Å². The molecule has 1 aliphatic carbocycles. The highest BCUT2D eigenvalue weighted by Gasteiger charge is 2.21. The molecule has 17 heavy (non-hydrogen) atoms. The van der Waals surface area contributed by atoms with Crippen molar-refractivity contribution in [1.82, 2.24) is 5.32 Å². The average molecular weight is 244 g/mol. The Morgan fingerprint density at radius 3 is 2.41 bits per heavy atom. The average Bonchev–Trinajstić information content (AvgIpc) is 2.86. The number of carbonyl (C=O) groups excluding carboxylic acids is 1. The van der Waals surface area contributed by atoms with E-state index in [2.05, 4.69) is 5.32 Å². The fraction of sp³-hybridized carbons (Fsp3) is 0.917. The van der Waals surface area contributed by atoms with E-state index in [0.29, 0.717) is 39.5 Å². The van der Waals surface area contributed by atoms with Gasteiger partial charge in [0.1, 0.15) is 0 Å². The van der Waals surface area contributed by atoms with E-state index < -0.39 is 0 Å². The van der Waals surface area contributed by atoms with Crippen LogP contribution in [0.4, 0.5) is 0 Å². The second kappa shape index (κ2) is 9.39. The minimum absolute atomic E-state index is 0.186. The lowest BCUT2D eigenvalue weighted by atomic mass is 10.1. The Morgan fingerprint density at radius 2 is 1.76 bits per heavy atom. The Kier molecular flexibility index (Phi) is 7.96. The number of hydrogen-bond acceptors (Lipinski definition) is 4. The van der Waals surface area contributed by atoms with Crippen molar-refractivity contribution in [3.05, 3.63) is 0 Å². The SMILES string of the molecule is NCCOCCOCCNC(=O)C1CCCC1. The lowest BCUT2D eigenvalue weighted by molar-refractivity contribution is -0.125. The zero-order valence-corrected chi connectivity index (χ0v) is 10.5. The first kappa shape index (κ1) is 14.4. The number of hydrogen-bond donors (Lipinski definition) is 2. The maximum Gasteiger partial charge on any atom is 0.223 e. The number of rotatable bonds is 9. The third-order valence-electron chi connectivity index (χ3n) is 2.91. The third kappa shape index (κ3) is 6.61. The summed E-state index contributed by atoms with van der Waals surface area (Å²) in [6, 6.07) is 0. The first-order valence-electron chi connectivity index (χ1n) is 6.48. The van der Waals surface area contributed by atoms with Crippen LogP contribution in [0.25, 0.3) is 0 Å². The predicted octanol–water partition coefficient (Wildman–Crippen LogP) is 0.285. The number of amides is 1. The molecule has 1 saturated carbocycles. The highest BCUT2D eigenvalue weighted by atomic mass is 16.5. The topological polar surface area (TPSA) is 73.6 Å². The summed E-state index contributed by atoms with van der Waals surface area (Å²) in [6.45, 7) is 3.36. The van der Waals surface area contributed by atoms with Gasteiger partial charge in [-0.05, 0) is 12.8 Å². The molecule has 100 valence electrons. The molecule has 0 heterocycles. The third-order valence-corrected chi connectivity index (χ3v) is 2.91. The van der Waals surface area contributed by atoms with E-state index >= 15 is 0 Å². The monoisotopic (exact) mass is 244 g/mol. The molecule has 1 rings (SSSR count). The van der Waals surface area contributed by atoms with Gasteiger partial charge in [-0.3, -0.25) is 4.79 Å². The van der Waals surface area contributed by atoms with Crippen LogP contribution in [-0.4, -0.2) is 45.4 Å². The second-order valence-electron chi connectivity index (χ2n) is 4.29. The molecule has 0 spiro atoms. The molecule has 0 aromatic heterocycles. The van der Waals surface area contributed by atoms with E-state index in [1.807, 2.05) is 0 Å². The number of carbonyl (C=O) groups is 1. The van der Waals surface area contributed by atoms with E-state index in [1.165, 1.54) is 12.8 Å². The molecular formula is C12H24N2O3. The minimum atomic E-state index is 0.186. The molecule has 5 nitrogen and oxygen atoms in total. The maximum atomic E-state index is 11.6. The van der Waals surface area contributed by atoms with Crippen LogP contribution in [0.15, 0.2) is 0 Å². The lowest BCUT2D eigenvalue weighted by Crippen LogP contribution is -2.32. The van der Waals surface area contributed by atoms with Crippen molar-refractivity contribution in [3.63, 3.8) is 0 Å². The van der Waals surface area contributed by atoms with Crippen molar-refractivity contribution in [2.45, 2.75) is 25.7 Å². The first-order chi connectivity index (χ1) is 8.34. The molecule has 0 aromatic rings. The van der Waals surface area contributed by atoms with Crippen molar-refractivity contribution in [2.24, 2.45) is 11.7 Å². The summed E-state index contributed by atoms with van der Waals surface area (Å²) in [5.74, 6) is 0.424. The molecule has 1 amide bonds. The largest absolute Gasteiger partial charge is 0.378 e. The Bertz CT molecular complexity index is 206. The van der Waals surface area contributed by atoms with E-state index in [-0.39, 0.29) is 11.8 Å². The van der Waals surface area contributed by atoms with Crippen LogP contribution in [0, 0.1) is 5.92 Å². The highest BCUT2D eigenvalue weighted by molar-refractivity contribution is 5.78. The van der Waals surface area contributed by atoms with Gasteiger partial charge in [0.25, 0.3) is 0 Å². The zero-order chi connectivity index (χ0) is 12.3. The van der Waals surface area contributed by atoms with Gasteiger partial charge in [0.05, 0.1) is 26.4 Å². The number of nitrogens with two attached hydrogens (primary N) is 1. The van der Waals surface area contributed by atoms with Crippen molar-refractivity contribution >= 4 is 5.91 Å². The molecule has 5 heteroatoms. The van der Waals surface area contributed by atoms with Gasteiger partial charge in [-0.1, -0.05) is 12.8 Å². The standard InChI is InChI=1S/C12H24N2O3/c13-5-7-16-9-10-17-8-6-14-12(15)11-3-1-2-4-11/h11H,1-10,13H2,(H,14,15). The predicted molar refractivity (Wildman–Crippen MR) is 65.7 cm³/mol. The molecular weight excluding hydrogens is 220 g/mol. The molecule has 0 unspecified atom stereocenters. The van der Waals surface area contributed by atoms with Crippen LogP contribution in [0.3, 0.4) is 0 Å². The van der Waals surface area contributed by atoms with Gasteiger partial charge < -0.3 is 20.5 Å². The molecule has 3 N–H and O–H groups in total. The van der Waals surface area contributed by atoms with Crippen LogP contribution < -0.4 is 11.1 Å². The van der Waals surface area contributed by atoms with Gasteiger partial charge in [-0.15, -0.1) is 0 Å². The summed E-state index contributed by atoms with van der Waals surface area (Å²) < 4.78 is 10.5. The summed E-state index contributed by atoms with van der Waals surface area (Å²) in [5.41, 5.74) is 5.27. The Hall–Kier alpha value is -0.650. The van der Waals surface area contributed by atoms with Crippen LogP contribution in [0.2, 0.25) is 0 Å². The lowest BCUT2D eigenvalue weighted by Gasteiger charge is -2.10. The maximum absolute atomic E-state index is 11.6. The summed E-state index contributed by atoms with van der Waals surface area (Å²) in [6.07, 6.45) is 4.46. The van der Waals surface area contributed by atoms with Gasteiger partial charge in [0.2, 0.25) is 5.91 Å². The van der Waals surface area contributed by atoms with Crippen LogP contribution in [0.1, 0.15) is 25.7 Å². The molecule has 0 aliphatic heterocycles. The van der Waals surface area contributed by atoms with Crippen molar-refractivity contribution in [2.75, 3.05) is 39.5 Å². The van der Waals surface area contributed by atoms with Gasteiger partial charge in [0, 0.05) is 19.0 Å². The Balaban J connectivity index is 1.85. The molecule has 1 aliphatic rings. The van der Waals surface area contributed by atoms with Gasteiger partial charge in [-0.25, -0.2) is 0 Å². The first-order valence-corrected chi connectivity index (χ1v) is 6.48. The summed E-state index contributed by atoms with van der Waals surface area (Å²) in [7, 11) is 0. The van der Waals surface area contributed by atoms with Crippen molar-refractivity contribution in [3.8, 4) is 0 Å². The van der Waals surface area contributed by atoms with Crippen LogP contribution >= 0.6 is 0 Å². The quantitative estimate of drug-likeness (QED) is 0.572.